The molecule has 0 saturated carbocycles. The van der Waals surface area contributed by atoms with Crippen LogP contribution in [0.2, 0.25) is 0 Å². The Kier molecular flexibility index (Phi) is 5.21. The van der Waals surface area contributed by atoms with Crippen molar-refractivity contribution in [1.82, 2.24) is 10.3 Å². The van der Waals surface area contributed by atoms with Crippen LogP contribution in [0, 0.1) is 0 Å². The fourth-order valence-corrected chi connectivity index (χ4v) is 2.48. The first-order chi connectivity index (χ1) is 9.90. The average molecular weight is 303 g/mol. The van der Waals surface area contributed by atoms with Crippen molar-refractivity contribution in [3.63, 3.8) is 0 Å². The van der Waals surface area contributed by atoms with Gasteiger partial charge >= 0.3 is 6.18 Å². The quantitative estimate of drug-likeness (QED) is 0.652. The number of nitrogens with one attached hydrogen (secondary N) is 1. The molecule has 1 aliphatic heterocycles. The zero-order valence-corrected chi connectivity index (χ0v) is 11.9. The molecule has 1 aliphatic rings. The number of nitrogens with zero attached hydrogens (tertiary/aromatic N) is 1. The van der Waals surface area contributed by atoms with E-state index in [9.17, 15) is 13.2 Å². The molecule has 0 radical (unpaired) electrons. The van der Waals surface area contributed by atoms with Gasteiger partial charge in [0.15, 0.2) is 0 Å². The van der Waals surface area contributed by atoms with Gasteiger partial charge in [0.25, 0.3) is 0 Å². The second-order valence-electron chi connectivity index (χ2n) is 5.35. The molecule has 0 bridgehead atoms. The molecule has 2 unspecified atom stereocenters. The van der Waals surface area contributed by atoms with E-state index in [0.717, 1.165) is 18.7 Å². The van der Waals surface area contributed by atoms with E-state index in [1.807, 2.05) is 7.05 Å². The Hall–Kier alpha value is -1.15. The van der Waals surface area contributed by atoms with E-state index in [1.165, 1.54) is 6.07 Å². The molecule has 21 heavy (non-hydrogen) atoms. The van der Waals surface area contributed by atoms with Crippen molar-refractivity contribution < 1.29 is 17.9 Å². The lowest BCUT2D eigenvalue weighted by molar-refractivity contribution is -0.137. The maximum Gasteiger partial charge on any atom is 0.416 e. The van der Waals surface area contributed by atoms with Crippen LogP contribution in [-0.2, 0) is 17.3 Å². The molecule has 1 fully saturated rings. The van der Waals surface area contributed by atoms with Crippen LogP contribution < -0.4 is 11.3 Å². The number of rotatable bonds is 4. The lowest BCUT2D eigenvalue weighted by atomic mass is 9.99. The molecule has 1 heterocycles. The highest BCUT2D eigenvalue weighted by atomic mass is 19.4. The first-order valence-electron chi connectivity index (χ1n) is 6.82. The van der Waals surface area contributed by atoms with Gasteiger partial charge in [0.05, 0.1) is 24.3 Å². The Morgan fingerprint density at radius 2 is 2.24 bits per heavy atom. The summed E-state index contributed by atoms with van der Waals surface area (Å²) in [5.74, 6) is 5.55. The van der Waals surface area contributed by atoms with E-state index in [1.54, 1.807) is 6.07 Å². The fourth-order valence-electron chi connectivity index (χ4n) is 2.48. The van der Waals surface area contributed by atoms with Crippen molar-refractivity contribution in [3.8, 4) is 0 Å². The third-order valence-corrected chi connectivity index (χ3v) is 3.67. The van der Waals surface area contributed by atoms with Gasteiger partial charge in [0.2, 0.25) is 0 Å². The predicted molar refractivity (Wildman–Crippen MR) is 73.5 cm³/mol. The monoisotopic (exact) mass is 303 g/mol. The lowest BCUT2D eigenvalue weighted by Crippen LogP contribution is -2.54. The zero-order chi connectivity index (χ0) is 15.5. The maximum atomic E-state index is 12.7. The molecule has 3 N–H and O–H groups in total. The van der Waals surface area contributed by atoms with Gasteiger partial charge in [0, 0.05) is 13.1 Å². The van der Waals surface area contributed by atoms with E-state index in [-0.39, 0.29) is 12.1 Å². The van der Waals surface area contributed by atoms with E-state index in [0.29, 0.717) is 25.1 Å². The summed E-state index contributed by atoms with van der Waals surface area (Å²) >= 11 is 0. The van der Waals surface area contributed by atoms with Gasteiger partial charge in [-0.3, -0.25) is 11.3 Å². The van der Waals surface area contributed by atoms with Gasteiger partial charge < -0.3 is 9.64 Å². The summed E-state index contributed by atoms with van der Waals surface area (Å²) in [4.78, 5) is 2.12. The third kappa shape index (κ3) is 4.41. The number of hydrazine groups is 1. The summed E-state index contributed by atoms with van der Waals surface area (Å²) in [6.07, 6.45) is -4.08. The number of benzene rings is 1. The Morgan fingerprint density at radius 1 is 1.48 bits per heavy atom. The van der Waals surface area contributed by atoms with Gasteiger partial charge in [-0.1, -0.05) is 18.2 Å². The van der Waals surface area contributed by atoms with Crippen molar-refractivity contribution in [1.29, 1.82) is 0 Å². The van der Waals surface area contributed by atoms with Crippen LogP contribution in [0.3, 0.4) is 0 Å². The molecule has 2 rings (SSSR count). The van der Waals surface area contributed by atoms with E-state index >= 15 is 0 Å². The van der Waals surface area contributed by atoms with Gasteiger partial charge in [-0.15, -0.1) is 0 Å². The molecule has 1 aromatic carbocycles. The highest BCUT2D eigenvalue weighted by molar-refractivity contribution is 5.26. The van der Waals surface area contributed by atoms with E-state index in [2.05, 4.69) is 10.3 Å². The summed E-state index contributed by atoms with van der Waals surface area (Å²) in [5, 5.41) is 0. The standard InChI is InChI=1S/C14H20F3N3O/c1-20-5-6-21-13(9-20)12(19-18)8-10-3-2-4-11(7-10)14(15,16)17/h2-4,7,12-13,19H,5-6,8-9,18H2,1H3. The highest BCUT2D eigenvalue weighted by Gasteiger charge is 2.31. The summed E-state index contributed by atoms with van der Waals surface area (Å²) < 4.78 is 43.8. The minimum absolute atomic E-state index is 0.136. The van der Waals surface area contributed by atoms with Gasteiger partial charge in [-0.2, -0.15) is 13.2 Å². The molecule has 1 aromatic rings. The zero-order valence-electron chi connectivity index (χ0n) is 11.9. The number of alkyl halides is 3. The predicted octanol–water partition coefficient (Wildman–Crippen LogP) is 1.41. The molecule has 4 nitrogen and oxygen atoms in total. The summed E-state index contributed by atoms with van der Waals surface area (Å²) in [5.41, 5.74) is 2.61. The second-order valence-corrected chi connectivity index (χ2v) is 5.35. The fraction of sp³-hybridized carbons (Fsp3) is 0.571. The molecule has 118 valence electrons. The number of hydrogen-bond acceptors (Lipinski definition) is 4. The smallest absolute Gasteiger partial charge is 0.374 e. The Labute approximate surface area is 122 Å². The van der Waals surface area contributed by atoms with Crippen LogP contribution in [0.4, 0.5) is 13.2 Å². The number of ether oxygens (including phenoxy) is 1. The average Bonchev–Trinajstić information content (AvgIpc) is 2.44. The molecule has 2 atom stereocenters. The van der Waals surface area contributed by atoms with Crippen molar-refractivity contribution in [2.45, 2.75) is 24.7 Å². The van der Waals surface area contributed by atoms with Crippen LogP contribution in [0.15, 0.2) is 24.3 Å². The summed E-state index contributed by atoms with van der Waals surface area (Å²) in [7, 11) is 1.98. The molecule has 7 heteroatoms. The van der Waals surface area contributed by atoms with Crippen LogP contribution >= 0.6 is 0 Å². The molecule has 0 aromatic heterocycles. The Bertz CT molecular complexity index is 467. The molecule has 0 aliphatic carbocycles. The van der Waals surface area contributed by atoms with E-state index < -0.39 is 11.7 Å². The van der Waals surface area contributed by atoms with Crippen molar-refractivity contribution in [2.24, 2.45) is 5.84 Å². The molecular weight excluding hydrogens is 283 g/mol. The number of hydrogen-bond donors (Lipinski definition) is 2. The SMILES string of the molecule is CN1CCOC(C(Cc2cccc(C(F)(F)F)c2)NN)C1. The summed E-state index contributed by atoms with van der Waals surface area (Å²) in [6, 6.07) is 5.10. The van der Waals surface area contributed by atoms with Gasteiger partial charge in [0.1, 0.15) is 0 Å². The third-order valence-electron chi connectivity index (χ3n) is 3.67. The van der Waals surface area contributed by atoms with Crippen LogP contribution in [0.25, 0.3) is 0 Å². The molecule has 1 saturated heterocycles. The minimum Gasteiger partial charge on any atom is -0.374 e. The van der Waals surface area contributed by atoms with Crippen molar-refractivity contribution >= 4 is 0 Å². The van der Waals surface area contributed by atoms with Crippen LogP contribution in [-0.4, -0.2) is 43.8 Å². The maximum absolute atomic E-state index is 12.7. The second kappa shape index (κ2) is 6.74. The number of morpholine rings is 1. The highest BCUT2D eigenvalue weighted by Crippen LogP contribution is 2.29. The number of likely N-dealkylation sites (N-methyl/N-ethyl adjacent to an activating group) is 1. The first kappa shape index (κ1) is 16.2. The number of halogens is 3. The minimum atomic E-state index is -4.33. The normalized spacial score (nSPS) is 22.2. The van der Waals surface area contributed by atoms with Crippen LogP contribution in [0.1, 0.15) is 11.1 Å². The van der Waals surface area contributed by atoms with Crippen LogP contribution in [0.5, 0.6) is 0 Å². The lowest BCUT2D eigenvalue weighted by Gasteiger charge is -2.35. The van der Waals surface area contributed by atoms with Crippen molar-refractivity contribution in [2.75, 3.05) is 26.7 Å². The van der Waals surface area contributed by atoms with Gasteiger partial charge in [-0.25, -0.2) is 0 Å². The topological polar surface area (TPSA) is 50.5 Å². The molecule has 0 spiro atoms. The Morgan fingerprint density at radius 3 is 2.86 bits per heavy atom. The first-order valence-corrected chi connectivity index (χ1v) is 6.82. The summed E-state index contributed by atoms with van der Waals surface area (Å²) in [6.45, 7) is 2.15. The van der Waals surface area contributed by atoms with Gasteiger partial charge in [-0.05, 0) is 25.1 Å². The molecular formula is C14H20F3N3O. The number of nitrogens with two attached hydrogens (primary N) is 1. The van der Waals surface area contributed by atoms with Crippen molar-refractivity contribution in [3.05, 3.63) is 35.4 Å². The largest absolute Gasteiger partial charge is 0.416 e. The Balaban J connectivity index is 2.08. The van der Waals surface area contributed by atoms with E-state index in [4.69, 9.17) is 10.6 Å². The molecule has 0 amide bonds.